The van der Waals surface area contributed by atoms with Crippen LogP contribution in [0.5, 0.6) is 5.88 Å². The Bertz CT molecular complexity index is 1250. The highest BCUT2D eigenvalue weighted by molar-refractivity contribution is 5.93. The van der Waals surface area contributed by atoms with Gasteiger partial charge < -0.3 is 20.3 Å². The summed E-state index contributed by atoms with van der Waals surface area (Å²) in [5.74, 6) is -2.22. The molecule has 1 amide bonds. The first-order valence-corrected chi connectivity index (χ1v) is 11.6. The molecule has 8 nitrogen and oxygen atoms in total. The molecule has 0 aliphatic heterocycles. The highest BCUT2D eigenvalue weighted by Crippen LogP contribution is 2.27. The number of rotatable bonds is 9. The van der Waals surface area contributed by atoms with Crippen LogP contribution in [0, 0.1) is 25.1 Å². The van der Waals surface area contributed by atoms with E-state index < -0.39 is 35.3 Å². The van der Waals surface area contributed by atoms with Crippen LogP contribution in [0.2, 0.25) is 0 Å². The van der Waals surface area contributed by atoms with E-state index in [0.717, 1.165) is 15.8 Å². The van der Waals surface area contributed by atoms with Gasteiger partial charge in [0.1, 0.15) is 18.1 Å². The quantitative estimate of drug-likeness (QED) is 0.405. The van der Waals surface area contributed by atoms with Gasteiger partial charge >= 0.3 is 5.97 Å². The van der Waals surface area contributed by atoms with Gasteiger partial charge in [0.05, 0.1) is 18.6 Å². The van der Waals surface area contributed by atoms with Gasteiger partial charge in [-0.05, 0) is 48.1 Å². The Hall–Kier alpha value is -3.72. The number of hydrogen-bond donors (Lipinski definition) is 3. The maximum absolute atomic E-state index is 14.6. The molecule has 1 heterocycles. The standard InChI is InChI=1S/C27H32FN3O5/c1-16-9-8-10-18(17(16)2)20(14-25(33)34)29-26(35)21-13-24(36-15-23(32)27(3,4)5)31(30-21)22-12-7-6-11-19(22)28/h6-13,20,23,32H,14-15H2,1-5H3,(H,29,35)(H,33,34). The first-order valence-electron chi connectivity index (χ1n) is 11.6. The predicted molar refractivity (Wildman–Crippen MR) is 133 cm³/mol. The maximum Gasteiger partial charge on any atom is 0.305 e. The van der Waals surface area contributed by atoms with Crippen LogP contribution in [-0.4, -0.2) is 44.6 Å². The first kappa shape index (κ1) is 26.9. The first-order chi connectivity index (χ1) is 16.9. The Kier molecular flexibility index (Phi) is 8.14. The van der Waals surface area contributed by atoms with E-state index in [9.17, 15) is 24.2 Å². The average molecular weight is 498 g/mol. The van der Waals surface area contributed by atoms with Crippen LogP contribution in [0.4, 0.5) is 4.39 Å². The fourth-order valence-corrected chi connectivity index (χ4v) is 3.58. The molecular formula is C27H32FN3O5. The smallest absolute Gasteiger partial charge is 0.305 e. The third kappa shape index (κ3) is 6.28. The number of carbonyl (C=O) groups is 2. The van der Waals surface area contributed by atoms with Gasteiger partial charge in [0.15, 0.2) is 5.69 Å². The highest BCUT2D eigenvalue weighted by Gasteiger charge is 2.26. The minimum Gasteiger partial charge on any atom is -0.481 e. The number of amides is 1. The third-order valence-electron chi connectivity index (χ3n) is 6.08. The van der Waals surface area contributed by atoms with Crippen molar-refractivity contribution in [2.75, 3.05) is 6.61 Å². The van der Waals surface area contributed by atoms with Crippen molar-refractivity contribution in [1.29, 1.82) is 0 Å². The lowest BCUT2D eigenvalue weighted by molar-refractivity contribution is -0.137. The van der Waals surface area contributed by atoms with Gasteiger partial charge in [-0.1, -0.05) is 51.1 Å². The molecular weight excluding hydrogens is 465 g/mol. The van der Waals surface area contributed by atoms with Gasteiger partial charge in [0.25, 0.3) is 5.91 Å². The molecule has 0 spiro atoms. The number of para-hydroxylation sites is 1. The van der Waals surface area contributed by atoms with Crippen molar-refractivity contribution in [2.24, 2.45) is 5.41 Å². The van der Waals surface area contributed by atoms with E-state index in [0.29, 0.717) is 5.56 Å². The molecule has 192 valence electrons. The number of carbonyl (C=O) groups excluding carboxylic acids is 1. The van der Waals surface area contributed by atoms with Crippen LogP contribution >= 0.6 is 0 Å². The molecule has 0 radical (unpaired) electrons. The highest BCUT2D eigenvalue weighted by atomic mass is 19.1. The molecule has 0 saturated heterocycles. The molecule has 2 aromatic carbocycles. The summed E-state index contributed by atoms with van der Waals surface area (Å²) in [6, 6.07) is 11.9. The lowest BCUT2D eigenvalue weighted by Crippen LogP contribution is -2.32. The van der Waals surface area contributed by atoms with Crippen LogP contribution in [0.3, 0.4) is 0 Å². The van der Waals surface area contributed by atoms with Crippen molar-refractivity contribution in [3.05, 3.63) is 76.7 Å². The van der Waals surface area contributed by atoms with Gasteiger partial charge in [0.2, 0.25) is 5.88 Å². The van der Waals surface area contributed by atoms with Gasteiger partial charge in [0, 0.05) is 6.07 Å². The van der Waals surface area contributed by atoms with Crippen LogP contribution in [-0.2, 0) is 4.79 Å². The summed E-state index contributed by atoms with van der Waals surface area (Å²) in [6.07, 6.45) is -1.16. The molecule has 3 N–H and O–H groups in total. The number of ether oxygens (including phenoxy) is 1. The summed E-state index contributed by atoms with van der Waals surface area (Å²) < 4.78 is 21.5. The second-order valence-electron chi connectivity index (χ2n) is 9.84. The SMILES string of the molecule is Cc1cccc(C(CC(=O)O)NC(=O)c2cc(OCC(O)C(C)(C)C)n(-c3ccccc3F)n2)c1C. The molecule has 3 rings (SSSR count). The Morgan fingerprint density at radius 1 is 1.14 bits per heavy atom. The minimum absolute atomic E-state index is 0.0633. The average Bonchev–Trinajstić information content (AvgIpc) is 3.22. The van der Waals surface area contributed by atoms with E-state index in [1.807, 2.05) is 40.7 Å². The Balaban J connectivity index is 1.96. The second-order valence-corrected chi connectivity index (χ2v) is 9.84. The summed E-state index contributed by atoms with van der Waals surface area (Å²) >= 11 is 0. The van der Waals surface area contributed by atoms with Gasteiger partial charge in [-0.2, -0.15) is 9.78 Å². The van der Waals surface area contributed by atoms with E-state index in [1.165, 1.54) is 24.3 Å². The number of halogens is 1. The fraction of sp³-hybridized carbons (Fsp3) is 0.370. The normalized spacial score (nSPS) is 13.2. The topological polar surface area (TPSA) is 114 Å². The molecule has 9 heteroatoms. The Morgan fingerprint density at radius 3 is 2.47 bits per heavy atom. The molecule has 0 aliphatic carbocycles. The van der Waals surface area contributed by atoms with Crippen molar-refractivity contribution in [3.63, 3.8) is 0 Å². The number of aliphatic hydroxyl groups excluding tert-OH is 1. The number of hydrogen-bond acceptors (Lipinski definition) is 5. The zero-order valence-corrected chi connectivity index (χ0v) is 21.1. The summed E-state index contributed by atoms with van der Waals surface area (Å²) in [5.41, 5.74) is 2.05. The number of aryl methyl sites for hydroxylation is 1. The van der Waals surface area contributed by atoms with Crippen molar-refractivity contribution < 1.29 is 28.9 Å². The molecule has 36 heavy (non-hydrogen) atoms. The van der Waals surface area contributed by atoms with Crippen molar-refractivity contribution in [3.8, 4) is 11.6 Å². The van der Waals surface area contributed by atoms with E-state index >= 15 is 0 Å². The number of nitrogens with one attached hydrogen (secondary N) is 1. The molecule has 2 atom stereocenters. The van der Waals surface area contributed by atoms with Crippen molar-refractivity contribution in [1.82, 2.24) is 15.1 Å². The molecule has 0 fully saturated rings. The summed E-state index contributed by atoms with van der Waals surface area (Å²) in [7, 11) is 0. The Labute approximate surface area is 209 Å². The van der Waals surface area contributed by atoms with Crippen LogP contribution in [0.25, 0.3) is 5.69 Å². The maximum atomic E-state index is 14.6. The van der Waals surface area contributed by atoms with Crippen molar-refractivity contribution >= 4 is 11.9 Å². The summed E-state index contributed by atoms with van der Waals surface area (Å²) in [6.45, 7) is 9.22. The van der Waals surface area contributed by atoms with Gasteiger partial charge in [-0.25, -0.2) is 4.39 Å². The van der Waals surface area contributed by atoms with E-state index in [4.69, 9.17) is 4.74 Å². The number of benzene rings is 2. The monoisotopic (exact) mass is 497 g/mol. The zero-order valence-electron chi connectivity index (χ0n) is 21.1. The third-order valence-corrected chi connectivity index (χ3v) is 6.08. The molecule has 2 unspecified atom stereocenters. The number of aliphatic carboxylic acids is 1. The molecule has 0 aliphatic rings. The van der Waals surface area contributed by atoms with Crippen LogP contribution in [0.15, 0.2) is 48.5 Å². The number of carboxylic acid groups (broad SMARTS) is 1. The number of aromatic nitrogens is 2. The van der Waals surface area contributed by atoms with E-state index in [1.54, 1.807) is 18.2 Å². The van der Waals surface area contributed by atoms with E-state index in [-0.39, 0.29) is 30.3 Å². The second kappa shape index (κ2) is 10.9. The van der Waals surface area contributed by atoms with Crippen LogP contribution < -0.4 is 10.1 Å². The minimum atomic E-state index is -1.07. The fourth-order valence-electron chi connectivity index (χ4n) is 3.58. The molecule has 3 aromatic rings. The molecule has 1 aromatic heterocycles. The van der Waals surface area contributed by atoms with Crippen LogP contribution in [0.1, 0.15) is 60.4 Å². The predicted octanol–water partition coefficient (Wildman–Crippen LogP) is 4.36. The lowest BCUT2D eigenvalue weighted by Gasteiger charge is -2.25. The largest absolute Gasteiger partial charge is 0.481 e. The zero-order chi connectivity index (χ0) is 26.6. The number of aliphatic hydroxyl groups is 1. The summed E-state index contributed by atoms with van der Waals surface area (Å²) in [5, 5.41) is 26.8. The van der Waals surface area contributed by atoms with Crippen molar-refractivity contribution in [2.45, 2.75) is 53.2 Å². The van der Waals surface area contributed by atoms with E-state index in [2.05, 4.69) is 10.4 Å². The van der Waals surface area contributed by atoms with Gasteiger partial charge in [-0.3, -0.25) is 9.59 Å². The lowest BCUT2D eigenvalue weighted by atomic mass is 9.90. The number of nitrogens with zero attached hydrogens (tertiary/aromatic N) is 2. The summed E-state index contributed by atoms with van der Waals surface area (Å²) in [4.78, 5) is 24.8. The molecule has 0 bridgehead atoms. The Morgan fingerprint density at radius 2 is 1.83 bits per heavy atom. The van der Waals surface area contributed by atoms with Gasteiger partial charge in [-0.15, -0.1) is 0 Å². The number of carboxylic acids is 1. The molecule has 0 saturated carbocycles.